The average molecular weight is 480 g/mol. The Bertz CT molecular complexity index is 1410. The highest BCUT2D eigenvalue weighted by molar-refractivity contribution is 5.93. The summed E-state index contributed by atoms with van der Waals surface area (Å²) in [6.45, 7) is 1.83. The molecule has 1 atom stereocenters. The third-order valence-electron chi connectivity index (χ3n) is 6.45. The van der Waals surface area contributed by atoms with Crippen LogP contribution in [0.15, 0.2) is 41.2 Å². The summed E-state index contributed by atoms with van der Waals surface area (Å²) in [5.74, 6) is 5.85. The molecular weight excluding hydrogens is 455 g/mol. The van der Waals surface area contributed by atoms with Crippen LogP contribution >= 0.6 is 0 Å². The molecule has 0 bridgehead atoms. The standard InChI is InChI=1S/C25H25FN4O5/c1-28-12-4-6-17(28)11-10-16-5-2-8-20-18(16)15-35-14-13-29(20)23-22-19(26)7-3-9-21(22)30(24(31)27-23)25(32,33)34/h2-3,5,7-9,17,32-34H,4,6,12-15H2,1H3. The van der Waals surface area contributed by atoms with Gasteiger partial charge in [-0.25, -0.2) is 13.8 Å². The number of ether oxygens (including phenoxy) is 1. The molecule has 1 unspecified atom stereocenters. The van der Waals surface area contributed by atoms with E-state index in [0.717, 1.165) is 30.5 Å². The lowest BCUT2D eigenvalue weighted by atomic mass is 10.0. The molecule has 9 nitrogen and oxygen atoms in total. The van der Waals surface area contributed by atoms with Crippen LogP contribution in [-0.4, -0.2) is 62.6 Å². The molecule has 1 fully saturated rings. The van der Waals surface area contributed by atoms with Gasteiger partial charge in [-0.2, -0.15) is 4.98 Å². The lowest BCUT2D eigenvalue weighted by Gasteiger charge is -2.27. The van der Waals surface area contributed by atoms with E-state index in [9.17, 15) is 20.1 Å². The minimum Gasteiger partial charge on any atom is -0.375 e. The first-order valence-corrected chi connectivity index (χ1v) is 11.3. The molecule has 3 N–H and O–H groups in total. The van der Waals surface area contributed by atoms with Crippen molar-refractivity contribution < 1.29 is 24.4 Å². The third kappa shape index (κ3) is 4.29. The second-order valence-corrected chi connectivity index (χ2v) is 8.70. The predicted octanol–water partition coefficient (Wildman–Crippen LogP) is 1.19. The molecular formula is C25H25FN4O5. The van der Waals surface area contributed by atoms with Crippen molar-refractivity contribution in [3.8, 4) is 11.8 Å². The Morgan fingerprint density at radius 1 is 1.17 bits per heavy atom. The van der Waals surface area contributed by atoms with Gasteiger partial charge in [0.05, 0.1) is 30.2 Å². The van der Waals surface area contributed by atoms with Gasteiger partial charge in [0.25, 0.3) is 0 Å². The highest BCUT2D eigenvalue weighted by atomic mass is 19.1. The topological polar surface area (TPSA) is 111 Å². The van der Waals surface area contributed by atoms with Crippen LogP contribution in [0.1, 0.15) is 24.0 Å². The van der Waals surface area contributed by atoms with Crippen molar-refractivity contribution in [3.05, 3.63) is 63.8 Å². The van der Waals surface area contributed by atoms with Crippen LogP contribution < -0.4 is 10.6 Å². The maximum Gasteiger partial charge on any atom is 0.377 e. The number of rotatable bonds is 2. The van der Waals surface area contributed by atoms with Gasteiger partial charge in [0, 0.05) is 23.4 Å². The second-order valence-electron chi connectivity index (χ2n) is 8.70. The smallest absolute Gasteiger partial charge is 0.375 e. The van der Waals surface area contributed by atoms with Gasteiger partial charge in [-0.15, -0.1) is 0 Å². The van der Waals surface area contributed by atoms with Crippen LogP contribution in [0.25, 0.3) is 10.9 Å². The van der Waals surface area contributed by atoms with Gasteiger partial charge in [-0.05, 0) is 50.7 Å². The highest BCUT2D eigenvalue weighted by Crippen LogP contribution is 2.36. The summed E-state index contributed by atoms with van der Waals surface area (Å²) < 4.78 is 21.1. The molecule has 2 aromatic carbocycles. The Kier molecular flexibility index (Phi) is 6.04. The molecule has 0 radical (unpaired) electrons. The van der Waals surface area contributed by atoms with E-state index in [1.807, 2.05) is 18.2 Å². The second kappa shape index (κ2) is 9.03. The van der Waals surface area contributed by atoms with Gasteiger partial charge in [0.15, 0.2) is 5.82 Å². The number of halogens is 1. The summed E-state index contributed by atoms with van der Waals surface area (Å²) in [7, 11) is 2.05. The minimum atomic E-state index is -3.55. The molecule has 0 saturated carbocycles. The molecule has 1 saturated heterocycles. The number of benzene rings is 2. The fourth-order valence-electron chi connectivity index (χ4n) is 4.73. The number of hydrogen-bond acceptors (Lipinski definition) is 8. The number of nitrogens with zero attached hydrogens (tertiary/aromatic N) is 4. The average Bonchev–Trinajstić information content (AvgIpc) is 3.08. The number of hydrogen-bond donors (Lipinski definition) is 3. The van der Waals surface area contributed by atoms with Crippen molar-refractivity contribution >= 4 is 22.4 Å². The normalized spacial score (nSPS) is 18.8. The molecule has 0 amide bonds. The first-order chi connectivity index (χ1) is 16.8. The summed E-state index contributed by atoms with van der Waals surface area (Å²) >= 11 is 0. The van der Waals surface area contributed by atoms with Crippen molar-refractivity contribution in [2.45, 2.75) is 31.6 Å². The summed E-state index contributed by atoms with van der Waals surface area (Å²) in [5, 5.41) is 29.0. The van der Waals surface area contributed by atoms with Crippen LogP contribution in [0.2, 0.25) is 0 Å². The molecule has 1 aromatic heterocycles. The molecule has 2 aliphatic rings. The third-order valence-corrected chi connectivity index (χ3v) is 6.45. The van der Waals surface area contributed by atoms with Crippen molar-refractivity contribution in [3.63, 3.8) is 0 Å². The molecule has 0 spiro atoms. The number of aromatic nitrogens is 2. The highest BCUT2D eigenvalue weighted by Gasteiger charge is 2.31. The van der Waals surface area contributed by atoms with Crippen molar-refractivity contribution in [1.29, 1.82) is 0 Å². The van der Waals surface area contributed by atoms with Crippen LogP contribution in [-0.2, 0) is 17.4 Å². The zero-order chi connectivity index (χ0) is 24.7. The summed E-state index contributed by atoms with van der Waals surface area (Å²) in [6, 6.07) is 9.51. The van der Waals surface area contributed by atoms with E-state index in [4.69, 9.17) is 4.74 Å². The van der Waals surface area contributed by atoms with Crippen LogP contribution in [0.4, 0.5) is 15.9 Å². The number of likely N-dealkylation sites (tertiary alicyclic amines) is 1. The van der Waals surface area contributed by atoms with Gasteiger partial charge in [-0.3, -0.25) is 4.90 Å². The Morgan fingerprint density at radius 2 is 1.97 bits per heavy atom. The fraction of sp³-hybridized carbons (Fsp3) is 0.360. The minimum absolute atomic E-state index is 0.0176. The maximum absolute atomic E-state index is 15.1. The molecule has 35 heavy (non-hydrogen) atoms. The van der Waals surface area contributed by atoms with Crippen LogP contribution in [0.3, 0.4) is 0 Å². The zero-order valence-corrected chi connectivity index (χ0v) is 19.1. The largest absolute Gasteiger partial charge is 0.377 e. The SMILES string of the molecule is CN1CCCC1C#Cc1cccc2c1COCCN2c1nc(=O)n(C(O)(O)O)c2cccc(F)c12. The van der Waals surface area contributed by atoms with Crippen molar-refractivity contribution in [2.24, 2.45) is 0 Å². The number of fused-ring (bicyclic) bond motifs is 2. The van der Waals surface area contributed by atoms with Crippen LogP contribution in [0.5, 0.6) is 0 Å². The van der Waals surface area contributed by atoms with Gasteiger partial charge in [-0.1, -0.05) is 24.0 Å². The van der Waals surface area contributed by atoms with E-state index in [-0.39, 0.29) is 47.1 Å². The van der Waals surface area contributed by atoms with Gasteiger partial charge in [0.1, 0.15) is 5.82 Å². The molecule has 0 aliphatic carbocycles. The van der Waals surface area contributed by atoms with Crippen LogP contribution in [0, 0.1) is 17.7 Å². The van der Waals surface area contributed by atoms with E-state index in [2.05, 4.69) is 28.8 Å². The first-order valence-electron chi connectivity index (χ1n) is 11.3. The van der Waals surface area contributed by atoms with E-state index < -0.39 is 17.6 Å². The van der Waals surface area contributed by atoms with Gasteiger partial charge < -0.3 is 25.0 Å². The molecule has 3 aromatic rings. The van der Waals surface area contributed by atoms with E-state index in [1.165, 1.54) is 18.2 Å². The van der Waals surface area contributed by atoms with Gasteiger partial charge in [0.2, 0.25) is 0 Å². The summed E-state index contributed by atoms with van der Waals surface area (Å²) in [6.07, 6.45) is -1.44. The first kappa shape index (κ1) is 23.4. The lowest BCUT2D eigenvalue weighted by Crippen LogP contribution is -2.43. The molecule has 10 heteroatoms. The predicted molar refractivity (Wildman–Crippen MR) is 126 cm³/mol. The Morgan fingerprint density at radius 3 is 2.71 bits per heavy atom. The fourth-order valence-corrected chi connectivity index (χ4v) is 4.73. The van der Waals surface area contributed by atoms with E-state index >= 15 is 4.39 Å². The lowest BCUT2D eigenvalue weighted by molar-refractivity contribution is -0.374. The number of anilines is 2. The quantitative estimate of drug-likeness (QED) is 0.371. The number of aliphatic hydroxyl groups is 3. The Balaban J connectivity index is 1.69. The molecule has 5 rings (SSSR count). The van der Waals surface area contributed by atoms with Crippen molar-refractivity contribution in [2.75, 3.05) is 31.6 Å². The zero-order valence-electron chi connectivity index (χ0n) is 19.1. The monoisotopic (exact) mass is 480 g/mol. The van der Waals surface area contributed by atoms with Gasteiger partial charge >= 0.3 is 11.8 Å². The summed E-state index contributed by atoms with van der Waals surface area (Å²) in [5.41, 5.74) is 0.839. The van der Waals surface area contributed by atoms with Crippen molar-refractivity contribution in [1.82, 2.24) is 14.5 Å². The maximum atomic E-state index is 15.1. The summed E-state index contributed by atoms with van der Waals surface area (Å²) in [4.78, 5) is 20.6. The van der Waals surface area contributed by atoms with E-state index in [1.54, 1.807) is 4.90 Å². The molecule has 3 heterocycles. The Hall–Kier alpha value is -3.33. The van der Waals surface area contributed by atoms with E-state index in [0.29, 0.717) is 5.69 Å². The molecule has 2 aliphatic heterocycles. The molecule has 182 valence electrons. The Labute approximate surface area is 200 Å².